The third kappa shape index (κ3) is 6.17. The Morgan fingerprint density at radius 1 is 0.933 bits per heavy atom. The Morgan fingerprint density at radius 3 is 2.40 bits per heavy atom. The summed E-state index contributed by atoms with van der Waals surface area (Å²) in [6, 6.07) is 19.8. The maximum absolute atomic E-state index is 14.3. The SMILES string of the molecule is Cc1ccc2cc1OC/C=C/COc1cc(F)ccc1-c1cccc(c1)-c1cc3nc(C)c([C@H](OC(C)(C)C)C(=O)O)c-2n3n1. The minimum absolute atomic E-state index is 0.226. The van der Waals surface area contributed by atoms with E-state index in [0.717, 1.165) is 22.3 Å². The number of rotatable bonds is 3. The highest BCUT2D eigenvalue weighted by atomic mass is 19.1. The summed E-state index contributed by atoms with van der Waals surface area (Å²) in [7, 11) is 0. The topological polar surface area (TPSA) is 95.2 Å². The fraction of sp³-hybridized carbons (Fsp3) is 0.250. The second kappa shape index (κ2) is 11.8. The lowest BCUT2D eigenvalue weighted by atomic mass is 9.98. The van der Waals surface area contributed by atoms with Gasteiger partial charge in [0.15, 0.2) is 11.8 Å². The first-order chi connectivity index (χ1) is 21.5. The summed E-state index contributed by atoms with van der Waals surface area (Å²) in [5.74, 6) is -0.477. The number of carboxylic acid groups (broad SMARTS) is 1. The van der Waals surface area contributed by atoms with Gasteiger partial charge < -0.3 is 19.3 Å². The number of fused-ring (bicyclic) bond motifs is 9. The molecule has 0 radical (unpaired) electrons. The lowest BCUT2D eigenvalue weighted by Gasteiger charge is -2.27. The monoisotopic (exact) mass is 607 g/mol. The number of hydrogen-bond acceptors (Lipinski definition) is 6. The summed E-state index contributed by atoms with van der Waals surface area (Å²) in [6.45, 7) is 9.68. The number of benzene rings is 3. The first-order valence-corrected chi connectivity index (χ1v) is 14.7. The summed E-state index contributed by atoms with van der Waals surface area (Å²) in [5.41, 5.74) is 5.86. The summed E-state index contributed by atoms with van der Waals surface area (Å²) in [5, 5.41) is 15.4. The molecular weight excluding hydrogens is 573 g/mol. The van der Waals surface area contributed by atoms with Crippen molar-refractivity contribution in [3.05, 3.63) is 102 Å². The molecule has 5 aromatic rings. The molecule has 6 bridgehead atoms. The first kappa shape index (κ1) is 30.0. The van der Waals surface area contributed by atoms with Crippen LogP contribution in [0.4, 0.5) is 4.39 Å². The second-order valence-electron chi connectivity index (χ2n) is 12.0. The summed E-state index contributed by atoms with van der Waals surface area (Å²) in [4.78, 5) is 17.6. The molecule has 0 unspecified atom stereocenters. The quantitative estimate of drug-likeness (QED) is 0.210. The Hall–Kier alpha value is -5.02. The Bertz CT molecular complexity index is 1960. The van der Waals surface area contributed by atoms with Crippen LogP contribution in [0.5, 0.6) is 11.5 Å². The molecule has 45 heavy (non-hydrogen) atoms. The molecule has 8 nitrogen and oxygen atoms in total. The van der Waals surface area contributed by atoms with Crippen molar-refractivity contribution < 1.29 is 28.5 Å². The predicted molar refractivity (Wildman–Crippen MR) is 170 cm³/mol. The van der Waals surface area contributed by atoms with Gasteiger partial charge in [-0.05, 0) is 82.2 Å². The maximum Gasteiger partial charge on any atom is 0.337 e. The molecule has 0 fully saturated rings. The largest absolute Gasteiger partial charge is 0.489 e. The van der Waals surface area contributed by atoms with Crippen LogP contribution >= 0.6 is 0 Å². The summed E-state index contributed by atoms with van der Waals surface area (Å²) >= 11 is 0. The molecule has 1 aliphatic heterocycles. The van der Waals surface area contributed by atoms with E-state index < -0.39 is 23.5 Å². The number of carbonyl (C=O) groups is 1. The van der Waals surface area contributed by atoms with E-state index in [2.05, 4.69) is 0 Å². The molecule has 3 heterocycles. The first-order valence-electron chi connectivity index (χ1n) is 14.7. The van der Waals surface area contributed by atoms with Crippen LogP contribution in [-0.2, 0) is 9.53 Å². The van der Waals surface area contributed by atoms with Gasteiger partial charge in [-0.3, -0.25) is 0 Å². The lowest BCUT2D eigenvalue weighted by Crippen LogP contribution is -2.29. The van der Waals surface area contributed by atoms with Crippen molar-refractivity contribution in [2.24, 2.45) is 0 Å². The minimum Gasteiger partial charge on any atom is -0.489 e. The lowest BCUT2D eigenvalue weighted by molar-refractivity contribution is -0.160. The Kier molecular flexibility index (Phi) is 7.88. The van der Waals surface area contributed by atoms with E-state index in [0.29, 0.717) is 45.4 Å². The number of aromatic nitrogens is 3. The van der Waals surface area contributed by atoms with Gasteiger partial charge in [-0.15, -0.1) is 0 Å². The van der Waals surface area contributed by atoms with E-state index in [4.69, 9.17) is 24.3 Å². The molecule has 0 aliphatic carbocycles. The zero-order valence-corrected chi connectivity index (χ0v) is 25.8. The predicted octanol–water partition coefficient (Wildman–Crippen LogP) is 7.75. The van der Waals surface area contributed by atoms with E-state index in [1.54, 1.807) is 17.5 Å². The van der Waals surface area contributed by atoms with Gasteiger partial charge in [0.1, 0.15) is 30.5 Å². The molecule has 2 aromatic heterocycles. The molecule has 0 saturated heterocycles. The van der Waals surface area contributed by atoms with Gasteiger partial charge in [0.05, 0.1) is 17.0 Å². The van der Waals surface area contributed by atoms with Gasteiger partial charge in [-0.2, -0.15) is 5.10 Å². The van der Waals surface area contributed by atoms with E-state index in [-0.39, 0.29) is 13.2 Å². The number of halogens is 1. The fourth-order valence-electron chi connectivity index (χ4n) is 5.47. The second-order valence-corrected chi connectivity index (χ2v) is 12.0. The zero-order valence-electron chi connectivity index (χ0n) is 25.8. The Labute approximate surface area is 260 Å². The van der Waals surface area contributed by atoms with Crippen molar-refractivity contribution in [2.45, 2.75) is 46.3 Å². The van der Waals surface area contributed by atoms with Crippen molar-refractivity contribution in [1.82, 2.24) is 14.6 Å². The van der Waals surface area contributed by atoms with E-state index in [1.807, 2.05) is 88.4 Å². The van der Waals surface area contributed by atoms with E-state index in [9.17, 15) is 14.3 Å². The molecule has 0 amide bonds. The highest BCUT2D eigenvalue weighted by molar-refractivity contribution is 5.82. The molecule has 0 spiro atoms. The van der Waals surface area contributed by atoms with Gasteiger partial charge >= 0.3 is 5.97 Å². The van der Waals surface area contributed by atoms with E-state index >= 15 is 0 Å². The third-order valence-electron chi connectivity index (χ3n) is 7.50. The fourth-order valence-corrected chi connectivity index (χ4v) is 5.47. The number of carboxylic acids is 1. The van der Waals surface area contributed by atoms with Crippen molar-refractivity contribution in [3.63, 3.8) is 0 Å². The average molecular weight is 608 g/mol. The molecule has 1 N–H and O–H groups in total. The van der Waals surface area contributed by atoms with Crippen LogP contribution < -0.4 is 9.47 Å². The van der Waals surface area contributed by atoms with Crippen molar-refractivity contribution >= 4 is 11.6 Å². The normalized spacial score (nSPS) is 14.5. The number of nitrogens with zero attached hydrogens (tertiary/aromatic N) is 3. The van der Waals surface area contributed by atoms with Crippen LogP contribution in [-0.4, -0.2) is 44.5 Å². The van der Waals surface area contributed by atoms with Gasteiger partial charge in [-0.25, -0.2) is 18.7 Å². The zero-order chi connectivity index (χ0) is 31.9. The van der Waals surface area contributed by atoms with Gasteiger partial charge in [-0.1, -0.05) is 30.3 Å². The van der Waals surface area contributed by atoms with Crippen LogP contribution in [0.15, 0.2) is 78.9 Å². The Balaban J connectivity index is 1.64. The number of hydrogen-bond donors (Lipinski definition) is 1. The summed E-state index contributed by atoms with van der Waals surface area (Å²) in [6.07, 6.45) is 2.36. The highest BCUT2D eigenvalue weighted by Gasteiger charge is 2.33. The molecule has 230 valence electrons. The van der Waals surface area contributed by atoms with E-state index in [1.165, 1.54) is 12.1 Å². The van der Waals surface area contributed by atoms with Gasteiger partial charge in [0.25, 0.3) is 0 Å². The molecular formula is C36H34FN3O5. The number of aryl methyl sites for hydroxylation is 2. The van der Waals surface area contributed by atoms with Crippen LogP contribution in [0.25, 0.3) is 39.3 Å². The van der Waals surface area contributed by atoms with Gasteiger partial charge in [0, 0.05) is 40.1 Å². The molecule has 1 atom stereocenters. The van der Waals surface area contributed by atoms with Crippen molar-refractivity contribution in [1.29, 1.82) is 0 Å². The average Bonchev–Trinajstić information content (AvgIpc) is 3.41. The number of ether oxygens (including phenoxy) is 3. The van der Waals surface area contributed by atoms with Crippen LogP contribution in [0.1, 0.15) is 43.7 Å². The van der Waals surface area contributed by atoms with Crippen molar-refractivity contribution in [2.75, 3.05) is 13.2 Å². The minimum atomic E-state index is -1.31. The molecule has 3 aromatic carbocycles. The van der Waals surface area contributed by atoms with Crippen LogP contribution in [0, 0.1) is 19.7 Å². The van der Waals surface area contributed by atoms with Gasteiger partial charge in [0.2, 0.25) is 0 Å². The maximum atomic E-state index is 14.3. The van der Waals surface area contributed by atoms with Crippen LogP contribution in [0.2, 0.25) is 0 Å². The summed E-state index contributed by atoms with van der Waals surface area (Å²) < 4.78 is 34.2. The van der Waals surface area contributed by atoms with Crippen molar-refractivity contribution in [3.8, 4) is 45.1 Å². The molecule has 6 rings (SSSR count). The standard InChI is InChI=1S/C36H34FN3O5/c1-21-11-12-25-18-29(21)43-15-6-7-16-44-30-19-26(37)13-14-27(30)23-9-8-10-24(17-23)28-20-31-38-22(2)32(33(25)40(31)39-28)34(35(41)42)45-36(3,4)5/h6-14,17-20,34H,15-16H2,1-5H3,(H,41,42)/b7-6+/t34-/m0/s1. The van der Waals surface area contributed by atoms with Crippen LogP contribution in [0.3, 0.4) is 0 Å². The third-order valence-corrected chi connectivity index (χ3v) is 7.50. The molecule has 0 saturated carbocycles. The molecule has 9 heteroatoms. The smallest absolute Gasteiger partial charge is 0.337 e. The number of aliphatic carboxylic acids is 1. The molecule has 1 aliphatic rings. The Morgan fingerprint density at radius 2 is 1.67 bits per heavy atom. The highest BCUT2D eigenvalue weighted by Crippen LogP contribution is 2.39.